The van der Waals surface area contributed by atoms with Crippen LogP contribution in [0.25, 0.3) is 0 Å². The second-order valence-corrected chi connectivity index (χ2v) is 4.08. The van der Waals surface area contributed by atoms with Gasteiger partial charge in [0.05, 0.1) is 6.61 Å². The topological polar surface area (TPSA) is 47.3 Å². The molecule has 0 aliphatic carbocycles. The lowest BCUT2D eigenvalue weighted by molar-refractivity contribution is 0.195. The van der Waals surface area contributed by atoms with Gasteiger partial charge in [-0.2, -0.15) is 0 Å². The van der Waals surface area contributed by atoms with Crippen molar-refractivity contribution in [1.82, 2.24) is 5.32 Å². The van der Waals surface area contributed by atoms with Gasteiger partial charge in [-0.1, -0.05) is 39.0 Å². The Morgan fingerprint density at radius 1 is 1.20 bits per heavy atom. The van der Waals surface area contributed by atoms with Crippen LogP contribution in [-0.2, 0) is 4.74 Å². The maximum absolute atomic E-state index is 5.69. The highest BCUT2D eigenvalue weighted by Crippen LogP contribution is 2.06. The van der Waals surface area contributed by atoms with E-state index >= 15 is 0 Å². The molecule has 0 amide bonds. The van der Waals surface area contributed by atoms with E-state index in [0.717, 1.165) is 19.7 Å². The van der Waals surface area contributed by atoms with E-state index in [1.807, 2.05) is 0 Å². The summed E-state index contributed by atoms with van der Waals surface area (Å²) in [5.41, 5.74) is 5.69. The Morgan fingerprint density at radius 3 is 2.53 bits per heavy atom. The van der Waals surface area contributed by atoms with E-state index in [1.165, 1.54) is 38.5 Å². The minimum absolute atomic E-state index is 0.474. The molecule has 1 unspecified atom stereocenters. The van der Waals surface area contributed by atoms with Crippen molar-refractivity contribution in [3.63, 3.8) is 0 Å². The van der Waals surface area contributed by atoms with Gasteiger partial charge in [-0.3, -0.25) is 0 Å². The quantitative estimate of drug-likeness (QED) is 0.519. The van der Waals surface area contributed by atoms with Crippen LogP contribution in [0.4, 0.5) is 0 Å². The zero-order valence-corrected chi connectivity index (χ0v) is 10.4. The second kappa shape index (κ2) is 12.0. The van der Waals surface area contributed by atoms with Crippen LogP contribution < -0.4 is 11.1 Å². The highest BCUT2D eigenvalue weighted by molar-refractivity contribution is 4.67. The summed E-state index contributed by atoms with van der Waals surface area (Å²) >= 11 is 0. The molecule has 3 heteroatoms. The number of hydrogen-bond donors (Lipinski definition) is 2. The van der Waals surface area contributed by atoms with Crippen molar-refractivity contribution >= 4 is 0 Å². The summed E-state index contributed by atoms with van der Waals surface area (Å²) in [5.74, 6) is 0. The van der Waals surface area contributed by atoms with Gasteiger partial charge >= 0.3 is 0 Å². The minimum atomic E-state index is 0.474. The fourth-order valence-corrected chi connectivity index (χ4v) is 1.66. The van der Waals surface area contributed by atoms with Crippen molar-refractivity contribution in [2.24, 2.45) is 5.73 Å². The molecule has 0 spiro atoms. The van der Waals surface area contributed by atoms with Crippen molar-refractivity contribution in [2.45, 2.75) is 51.5 Å². The van der Waals surface area contributed by atoms with Crippen LogP contribution in [0.1, 0.15) is 45.4 Å². The molecule has 0 aromatic carbocycles. The zero-order chi connectivity index (χ0) is 11.4. The monoisotopic (exact) mass is 216 g/mol. The summed E-state index contributed by atoms with van der Waals surface area (Å²) < 4.78 is 4.99. The van der Waals surface area contributed by atoms with Gasteiger partial charge in [-0.25, -0.2) is 0 Å². The SMILES string of the molecule is CCCCCCCC(CN)NCCOC. The molecule has 0 saturated heterocycles. The molecule has 3 nitrogen and oxygen atoms in total. The largest absolute Gasteiger partial charge is 0.383 e. The normalized spacial score (nSPS) is 13.0. The maximum Gasteiger partial charge on any atom is 0.0587 e. The van der Waals surface area contributed by atoms with Gasteiger partial charge in [0, 0.05) is 26.2 Å². The Labute approximate surface area is 94.8 Å². The third-order valence-electron chi connectivity index (χ3n) is 2.68. The smallest absolute Gasteiger partial charge is 0.0587 e. The summed E-state index contributed by atoms with van der Waals surface area (Å²) in [5, 5.41) is 3.41. The molecule has 0 bridgehead atoms. The summed E-state index contributed by atoms with van der Waals surface area (Å²) in [4.78, 5) is 0. The summed E-state index contributed by atoms with van der Waals surface area (Å²) in [6.07, 6.45) is 7.88. The van der Waals surface area contributed by atoms with Crippen LogP contribution >= 0.6 is 0 Å². The molecule has 3 N–H and O–H groups in total. The van der Waals surface area contributed by atoms with E-state index in [4.69, 9.17) is 10.5 Å². The highest BCUT2D eigenvalue weighted by atomic mass is 16.5. The molecule has 0 aliphatic heterocycles. The van der Waals surface area contributed by atoms with Crippen molar-refractivity contribution in [3.05, 3.63) is 0 Å². The lowest BCUT2D eigenvalue weighted by atomic mass is 10.1. The summed E-state index contributed by atoms with van der Waals surface area (Å²) in [6, 6.07) is 0.474. The van der Waals surface area contributed by atoms with Gasteiger partial charge < -0.3 is 15.8 Å². The Hall–Kier alpha value is -0.120. The number of nitrogens with one attached hydrogen (secondary N) is 1. The fraction of sp³-hybridized carbons (Fsp3) is 1.00. The molecule has 15 heavy (non-hydrogen) atoms. The predicted molar refractivity (Wildman–Crippen MR) is 66.1 cm³/mol. The first-order valence-electron chi connectivity index (χ1n) is 6.27. The van der Waals surface area contributed by atoms with Crippen LogP contribution in [-0.4, -0.2) is 32.8 Å². The minimum Gasteiger partial charge on any atom is -0.383 e. The van der Waals surface area contributed by atoms with Crippen LogP contribution in [0.2, 0.25) is 0 Å². The van der Waals surface area contributed by atoms with Crippen molar-refractivity contribution in [3.8, 4) is 0 Å². The lowest BCUT2D eigenvalue weighted by Crippen LogP contribution is -2.37. The van der Waals surface area contributed by atoms with Gasteiger partial charge in [-0.15, -0.1) is 0 Å². The Kier molecular flexibility index (Phi) is 11.9. The number of rotatable bonds is 11. The summed E-state index contributed by atoms with van der Waals surface area (Å²) in [6.45, 7) is 4.66. The standard InChI is InChI=1S/C12H28N2O/c1-3-4-5-6-7-8-12(11-13)14-9-10-15-2/h12,14H,3-11,13H2,1-2H3. The van der Waals surface area contributed by atoms with Crippen LogP contribution in [0.3, 0.4) is 0 Å². The third-order valence-corrected chi connectivity index (χ3v) is 2.68. The van der Waals surface area contributed by atoms with E-state index in [0.29, 0.717) is 6.04 Å². The van der Waals surface area contributed by atoms with Gasteiger partial charge in [0.25, 0.3) is 0 Å². The number of unbranched alkanes of at least 4 members (excludes halogenated alkanes) is 4. The molecule has 0 rings (SSSR count). The molecule has 0 aliphatic rings. The Bertz CT molecular complexity index is 120. The molecular formula is C12H28N2O. The van der Waals surface area contributed by atoms with Gasteiger partial charge in [0.2, 0.25) is 0 Å². The average Bonchev–Trinajstić information content (AvgIpc) is 2.26. The third kappa shape index (κ3) is 10.2. The molecule has 0 heterocycles. The molecule has 92 valence electrons. The Balaban J connectivity index is 3.28. The number of methoxy groups -OCH3 is 1. The van der Waals surface area contributed by atoms with Crippen LogP contribution in [0.5, 0.6) is 0 Å². The highest BCUT2D eigenvalue weighted by Gasteiger charge is 2.04. The van der Waals surface area contributed by atoms with E-state index < -0.39 is 0 Å². The van der Waals surface area contributed by atoms with E-state index in [9.17, 15) is 0 Å². The number of hydrogen-bond acceptors (Lipinski definition) is 3. The molecule has 1 atom stereocenters. The Morgan fingerprint density at radius 2 is 1.93 bits per heavy atom. The van der Waals surface area contributed by atoms with E-state index in [1.54, 1.807) is 7.11 Å². The average molecular weight is 216 g/mol. The zero-order valence-electron chi connectivity index (χ0n) is 10.4. The lowest BCUT2D eigenvalue weighted by Gasteiger charge is -2.16. The molecule has 0 saturated carbocycles. The molecule has 0 radical (unpaired) electrons. The van der Waals surface area contributed by atoms with Crippen molar-refractivity contribution in [1.29, 1.82) is 0 Å². The first-order valence-corrected chi connectivity index (χ1v) is 6.27. The van der Waals surface area contributed by atoms with E-state index in [2.05, 4.69) is 12.2 Å². The first kappa shape index (κ1) is 14.9. The maximum atomic E-state index is 5.69. The van der Waals surface area contributed by atoms with E-state index in [-0.39, 0.29) is 0 Å². The van der Waals surface area contributed by atoms with Crippen LogP contribution in [0, 0.1) is 0 Å². The van der Waals surface area contributed by atoms with Gasteiger partial charge in [0.15, 0.2) is 0 Å². The number of nitrogens with two attached hydrogens (primary N) is 1. The van der Waals surface area contributed by atoms with Crippen LogP contribution in [0.15, 0.2) is 0 Å². The van der Waals surface area contributed by atoms with Crippen molar-refractivity contribution < 1.29 is 4.74 Å². The molecule has 0 fully saturated rings. The first-order chi connectivity index (χ1) is 7.35. The molecule has 0 aromatic heterocycles. The summed E-state index contributed by atoms with van der Waals surface area (Å²) in [7, 11) is 1.73. The predicted octanol–water partition coefficient (Wildman–Crippen LogP) is 1.91. The second-order valence-electron chi connectivity index (χ2n) is 4.08. The molecule has 0 aromatic rings. The molecular weight excluding hydrogens is 188 g/mol. The van der Waals surface area contributed by atoms with Gasteiger partial charge in [-0.05, 0) is 6.42 Å². The van der Waals surface area contributed by atoms with Crippen molar-refractivity contribution in [2.75, 3.05) is 26.8 Å². The van der Waals surface area contributed by atoms with Gasteiger partial charge in [0.1, 0.15) is 0 Å². The fourth-order valence-electron chi connectivity index (χ4n) is 1.66. The number of ether oxygens (including phenoxy) is 1.